The highest BCUT2D eigenvalue weighted by Crippen LogP contribution is 2.61. The molecule has 3 aromatic rings. The molecule has 0 bridgehead atoms. The second-order valence-corrected chi connectivity index (χ2v) is 18.8. The van der Waals surface area contributed by atoms with E-state index < -0.39 is 102 Å². The van der Waals surface area contributed by atoms with Gasteiger partial charge < -0.3 is 56.0 Å². The number of phosphoric acid groups is 3. The summed E-state index contributed by atoms with van der Waals surface area (Å²) in [5.41, 5.74) is 4.49. The first-order chi connectivity index (χ1) is 27.9. The molecule has 8 atom stereocenters. The highest BCUT2D eigenvalue weighted by atomic mass is 32.2. The van der Waals surface area contributed by atoms with E-state index in [1.807, 2.05) is 0 Å². The average Bonchev–Trinajstić information content (AvgIpc) is 3.71. The van der Waals surface area contributed by atoms with Crippen LogP contribution >= 0.6 is 35.2 Å². The van der Waals surface area contributed by atoms with Gasteiger partial charge in [0, 0.05) is 30.7 Å². The maximum atomic E-state index is 12.7. The number of aliphatic hydroxyl groups is 2. The number of aliphatic hydroxyl groups excluding tert-OH is 2. The molecular formula is C30H42N7O19P3S. The van der Waals surface area contributed by atoms with Gasteiger partial charge in [-0.25, -0.2) is 28.6 Å². The van der Waals surface area contributed by atoms with Crippen LogP contribution in [0.2, 0.25) is 0 Å². The summed E-state index contributed by atoms with van der Waals surface area (Å²) in [6.07, 6.45) is -7.17. The zero-order valence-electron chi connectivity index (χ0n) is 31.4. The first kappa shape index (κ1) is 48.9. The summed E-state index contributed by atoms with van der Waals surface area (Å²) < 4.78 is 62.1. The van der Waals surface area contributed by atoms with Crippen LogP contribution in [0.3, 0.4) is 0 Å². The molecule has 30 heteroatoms. The number of carboxylic acids is 1. The van der Waals surface area contributed by atoms with Crippen molar-refractivity contribution in [2.75, 3.05) is 37.8 Å². The molecule has 1 aliphatic rings. The first-order valence-electron chi connectivity index (χ1n) is 17.2. The number of phosphoric ester groups is 3. The Labute approximate surface area is 343 Å². The standard InChI is InChI=1S/C30H42N7O19P3S/c1-30(2,23(40)26(41)33-9-8-18(38)32-10-11-60-29(44)19(28(42)43)16-6-4-3-5-7-16)13-53-59(50,51)56-58(48,49)52-12-17-22(55-57(45,46)47)21(39)27(54-17)37-15-36-20-24(31)34-14-35-25(20)37/h3-7,14-15,17,19,21-23,27,39-40H,8-13H2,1-2H3,(H,32,38)(H,33,41)(H,42,43)(H,48,49)(H,50,51)(H2,31,34,35)(H2,45,46,47). The number of hydrogen-bond donors (Lipinski definition) is 10. The topological polar surface area (TPSA) is 401 Å². The molecule has 1 aliphatic heterocycles. The number of imidazole rings is 1. The van der Waals surface area contributed by atoms with Gasteiger partial charge in [-0.15, -0.1) is 0 Å². The van der Waals surface area contributed by atoms with E-state index in [9.17, 15) is 67.8 Å². The van der Waals surface area contributed by atoms with Crippen LogP contribution in [0, 0.1) is 5.41 Å². The van der Waals surface area contributed by atoms with Crippen LogP contribution < -0.4 is 16.4 Å². The number of thioether (sulfide) groups is 1. The van der Waals surface area contributed by atoms with Gasteiger partial charge in [0.1, 0.15) is 36.3 Å². The summed E-state index contributed by atoms with van der Waals surface area (Å²) in [4.78, 5) is 99.9. The van der Waals surface area contributed by atoms with Crippen LogP contribution in [-0.2, 0) is 55.5 Å². The molecule has 1 aromatic carbocycles. The summed E-state index contributed by atoms with van der Waals surface area (Å²) in [7, 11) is -16.5. The molecule has 60 heavy (non-hydrogen) atoms. The van der Waals surface area contributed by atoms with Crippen molar-refractivity contribution in [3.8, 4) is 0 Å². The molecule has 0 aliphatic carbocycles. The van der Waals surface area contributed by atoms with Crippen molar-refractivity contribution in [1.29, 1.82) is 0 Å². The van der Waals surface area contributed by atoms with E-state index in [0.717, 1.165) is 29.0 Å². The van der Waals surface area contributed by atoms with Crippen LogP contribution in [0.5, 0.6) is 0 Å². The van der Waals surface area contributed by atoms with Gasteiger partial charge in [0.05, 0.1) is 19.5 Å². The molecule has 11 N–H and O–H groups in total. The molecule has 332 valence electrons. The fourth-order valence-corrected chi connectivity index (χ4v) is 9.03. The van der Waals surface area contributed by atoms with E-state index in [4.69, 9.17) is 19.5 Å². The molecule has 2 aromatic heterocycles. The van der Waals surface area contributed by atoms with Crippen molar-refractivity contribution in [3.05, 3.63) is 48.5 Å². The minimum absolute atomic E-state index is 0.00769. The van der Waals surface area contributed by atoms with Crippen molar-refractivity contribution in [2.24, 2.45) is 5.41 Å². The summed E-state index contributed by atoms with van der Waals surface area (Å²) in [5.74, 6) is -4.29. The summed E-state index contributed by atoms with van der Waals surface area (Å²) >= 11 is 0.721. The number of ether oxygens (including phenoxy) is 1. The molecule has 0 spiro atoms. The number of hydrogen-bond acceptors (Lipinski definition) is 19. The lowest BCUT2D eigenvalue weighted by Gasteiger charge is -2.30. The van der Waals surface area contributed by atoms with Crippen molar-refractivity contribution in [1.82, 2.24) is 30.2 Å². The molecule has 4 rings (SSSR count). The fourth-order valence-electron chi connectivity index (χ4n) is 5.39. The second-order valence-electron chi connectivity index (χ2n) is 13.4. The normalized spacial score (nSPS) is 21.4. The molecule has 0 saturated carbocycles. The number of rotatable bonds is 22. The SMILES string of the molecule is CC(C)(COP(=O)(O)OP(=O)(O)OCC1OC(n2cnc3c(N)ncnc32)C(O)C1OP(=O)(O)O)C(O)C(=O)NCCC(=O)NCCSC(=O)C(C(=O)O)c1ccccc1. The molecule has 0 radical (unpaired) electrons. The van der Waals surface area contributed by atoms with Gasteiger partial charge in [0.25, 0.3) is 0 Å². The number of aliphatic carboxylic acids is 1. The molecule has 1 saturated heterocycles. The van der Waals surface area contributed by atoms with Gasteiger partial charge in [-0.1, -0.05) is 55.9 Å². The third kappa shape index (κ3) is 13.6. The van der Waals surface area contributed by atoms with Gasteiger partial charge in [-0.3, -0.25) is 37.3 Å². The van der Waals surface area contributed by atoms with E-state index >= 15 is 0 Å². The summed E-state index contributed by atoms with van der Waals surface area (Å²) in [5, 5.41) is 35.1. The number of aromatic nitrogens is 4. The number of carbonyl (C=O) groups is 4. The second kappa shape index (κ2) is 20.4. The van der Waals surface area contributed by atoms with Gasteiger partial charge in [-0.05, 0) is 5.56 Å². The Kier molecular flexibility index (Phi) is 16.6. The van der Waals surface area contributed by atoms with Gasteiger partial charge in [0.15, 0.2) is 23.6 Å². The Hall–Kier alpha value is -3.75. The number of anilines is 1. The quantitative estimate of drug-likeness (QED) is 0.0346. The number of carbonyl (C=O) groups excluding carboxylic acids is 3. The molecular weight excluding hydrogens is 887 g/mol. The van der Waals surface area contributed by atoms with Gasteiger partial charge in [-0.2, -0.15) is 4.31 Å². The van der Waals surface area contributed by atoms with Crippen LogP contribution in [0.1, 0.15) is 38.0 Å². The molecule has 2 amide bonds. The number of nitrogen functional groups attached to an aromatic ring is 1. The van der Waals surface area contributed by atoms with Crippen molar-refractivity contribution in [3.63, 3.8) is 0 Å². The minimum Gasteiger partial charge on any atom is -0.480 e. The molecule has 26 nitrogen and oxygen atoms in total. The Morgan fingerprint density at radius 2 is 1.67 bits per heavy atom. The van der Waals surface area contributed by atoms with Crippen LogP contribution in [0.15, 0.2) is 43.0 Å². The highest BCUT2D eigenvalue weighted by molar-refractivity contribution is 8.13. The monoisotopic (exact) mass is 929 g/mol. The lowest BCUT2D eigenvalue weighted by molar-refractivity contribution is -0.141. The number of nitrogens with two attached hydrogens (primary N) is 1. The van der Waals surface area contributed by atoms with E-state index in [0.29, 0.717) is 5.56 Å². The number of nitrogens with one attached hydrogen (secondary N) is 2. The van der Waals surface area contributed by atoms with E-state index in [1.54, 1.807) is 18.2 Å². The van der Waals surface area contributed by atoms with Crippen molar-refractivity contribution in [2.45, 2.75) is 56.8 Å². The Morgan fingerprint density at radius 1 is 1.00 bits per heavy atom. The van der Waals surface area contributed by atoms with Crippen molar-refractivity contribution < 1.29 is 90.4 Å². The molecule has 1 fully saturated rings. The number of carboxylic acid groups (broad SMARTS) is 1. The van der Waals surface area contributed by atoms with Gasteiger partial charge in [0.2, 0.25) is 16.9 Å². The maximum absolute atomic E-state index is 12.7. The average molecular weight is 930 g/mol. The van der Waals surface area contributed by atoms with E-state index in [1.165, 1.54) is 26.0 Å². The van der Waals surface area contributed by atoms with Crippen molar-refractivity contribution >= 4 is 75.1 Å². The third-order valence-corrected chi connectivity index (χ3v) is 12.4. The predicted molar refractivity (Wildman–Crippen MR) is 204 cm³/mol. The first-order valence-corrected chi connectivity index (χ1v) is 22.8. The zero-order chi connectivity index (χ0) is 44.6. The number of amides is 2. The largest absolute Gasteiger partial charge is 0.481 e. The number of nitrogens with zero attached hydrogens (tertiary/aromatic N) is 4. The number of fused-ring (bicyclic) bond motifs is 1. The lowest BCUT2D eigenvalue weighted by Crippen LogP contribution is -2.46. The third-order valence-electron chi connectivity index (χ3n) is 8.36. The summed E-state index contributed by atoms with van der Waals surface area (Å²) in [6.45, 7) is 0.0650. The van der Waals surface area contributed by atoms with Crippen LogP contribution in [-0.4, -0.2) is 134 Å². The maximum Gasteiger partial charge on any atom is 0.481 e. The summed E-state index contributed by atoms with van der Waals surface area (Å²) in [6, 6.07) is 7.90. The van der Waals surface area contributed by atoms with E-state index in [-0.39, 0.29) is 42.2 Å². The van der Waals surface area contributed by atoms with Gasteiger partial charge >= 0.3 is 29.4 Å². The highest BCUT2D eigenvalue weighted by Gasteiger charge is 2.50. The predicted octanol–water partition coefficient (Wildman–Crippen LogP) is -0.467. The minimum atomic E-state index is -5.60. The van der Waals surface area contributed by atoms with Crippen LogP contribution in [0.4, 0.5) is 5.82 Å². The lowest BCUT2D eigenvalue weighted by atomic mass is 9.87. The van der Waals surface area contributed by atoms with Crippen LogP contribution in [0.25, 0.3) is 11.2 Å². The Balaban J connectivity index is 1.22. The Bertz CT molecular complexity index is 2160. The van der Waals surface area contributed by atoms with E-state index in [2.05, 4.69) is 34.4 Å². The number of benzene rings is 1. The fraction of sp³-hybridized carbons (Fsp3) is 0.500. The molecule has 8 unspecified atom stereocenters. The smallest absolute Gasteiger partial charge is 0.480 e. The molecule has 3 heterocycles. The Morgan fingerprint density at radius 3 is 2.32 bits per heavy atom. The zero-order valence-corrected chi connectivity index (χ0v) is 34.9.